The number of nitrogens with zero attached hydrogens (tertiary/aromatic N) is 1. The maximum atomic E-state index is 13.9. The van der Waals surface area contributed by atoms with Gasteiger partial charge in [0.15, 0.2) is 9.84 Å². The highest BCUT2D eigenvalue weighted by Gasteiger charge is 2.24. The molecule has 1 saturated heterocycles. The van der Waals surface area contributed by atoms with E-state index < -0.39 is 9.84 Å². The highest BCUT2D eigenvalue weighted by atomic mass is 32.2. The van der Waals surface area contributed by atoms with Crippen molar-refractivity contribution in [2.75, 3.05) is 32.8 Å². The van der Waals surface area contributed by atoms with Crippen molar-refractivity contribution in [2.45, 2.75) is 16.7 Å². The molecule has 0 aromatic heterocycles. The topological polar surface area (TPSA) is 75.7 Å². The number of rotatable bonds is 8. The summed E-state index contributed by atoms with van der Waals surface area (Å²) in [5.41, 5.74) is 1.70. The molecule has 8 heteroatoms. The van der Waals surface area contributed by atoms with Crippen LogP contribution >= 0.6 is 0 Å². The number of amides is 1. The van der Waals surface area contributed by atoms with Crippen LogP contribution in [0.3, 0.4) is 0 Å². The molecular formula is C26H27FN2O4S. The van der Waals surface area contributed by atoms with E-state index in [4.69, 9.17) is 4.74 Å². The second-order valence-corrected chi connectivity index (χ2v) is 10.2. The second-order valence-electron chi connectivity index (χ2n) is 8.20. The standard InChI is InChI=1S/C26H27FN2O4S/c27-23-10-4-8-21(16-23)25(29-12-14-33-15-13-29)18-28-26(30)22-9-5-11-24(17-22)34(31,32)19-20-6-2-1-3-7-20/h1-11,16-17,25H,12-15,18-19H2,(H,28,30). The number of carbonyl (C=O) groups excluding carboxylic acids is 1. The van der Waals surface area contributed by atoms with Crippen molar-refractivity contribution in [3.05, 3.63) is 101 Å². The third-order valence-corrected chi connectivity index (χ3v) is 7.52. The summed E-state index contributed by atoms with van der Waals surface area (Å²) in [5, 5.41) is 2.90. The summed E-state index contributed by atoms with van der Waals surface area (Å²) in [6, 6.07) is 21.1. The van der Waals surface area contributed by atoms with Crippen LogP contribution in [0.25, 0.3) is 0 Å². The van der Waals surface area contributed by atoms with Crippen LogP contribution in [0.5, 0.6) is 0 Å². The summed E-state index contributed by atoms with van der Waals surface area (Å²) < 4.78 is 45.1. The molecule has 3 aromatic rings. The first-order chi connectivity index (χ1) is 16.4. The number of ether oxygens (including phenoxy) is 1. The van der Waals surface area contributed by atoms with Crippen molar-refractivity contribution in [3.63, 3.8) is 0 Å². The van der Waals surface area contributed by atoms with Gasteiger partial charge in [0, 0.05) is 25.2 Å². The molecule has 178 valence electrons. The van der Waals surface area contributed by atoms with Gasteiger partial charge in [0.2, 0.25) is 0 Å². The normalized spacial score (nSPS) is 15.6. The molecule has 3 aromatic carbocycles. The van der Waals surface area contributed by atoms with Gasteiger partial charge in [-0.3, -0.25) is 9.69 Å². The predicted molar refractivity (Wildman–Crippen MR) is 128 cm³/mol. The van der Waals surface area contributed by atoms with Crippen LogP contribution in [-0.2, 0) is 20.3 Å². The summed E-state index contributed by atoms with van der Waals surface area (Å²) in [4.78, 5) is 15.2. The third kappa shape index (κ3) is 6.08. The smallest absolute Gasteiger partial charge is 0.251 e. The lowest BCUT2D eigenvalue weighted by atomic mass is 10.0. The van der Waals surface area contributed by atoms with Gasteiger partial charge in [0.25, 0.3) is 5.91 Å². The molecule has 1 N–H and O–H groups in total. The number of morpholine rings is 1. The lowest BCUT2D eigenvalue weighted by Gasteiger charge is -2.35. The van der Waals surface area contributed by atoms with Gasteiger partial charge in [-0.2, -0.15) is 0 Å². The summed E-state index contributed by atoms with van der Waals surface area (Å²) in [7, 11) is -3.61. The molecule has 0 bridgehead atoms. The summed E-state index contributed by atoms with van der Waals surface area (Å²) >= 11 is 0. The van der Waals surface area contributed by atoms with Crippen LogP contribution in [0.4, 0.5) is 4.39 Å². The Morgan fingerprint density at radius 3 is 2.44 bits per heavy atom. The predicted octanol–water partition coefficient (Wildman–Crippen LogP) is 3.60. The number of nitrogens with one attached hydrogen (secondary N) is 1. The van der Waals surface area contributed by atoms with Crippen molar-refractivity contribution in [1.82, 2.24) is 10.2 Å². The van der Waals surface area contributed by atoms with Crippen LogP contribution in [0.2, 0.25) is 0 Å². The fourth-order valence-corrected chi connectivity index (χ4v) is 5.45. The van der Waals surface area contributed by atoms with Gasteiger partial charge in [-0.15, -0.1) is 0 Å². The Bertz CT molecular complexity index is 1230. The Morgan fingerprint density at radius 1 is 0.971 bits per heavy atom. The Kier molecular flexibility index (Phi) is 7.72. The number of sulfone groups is 1. The van der Waals surface area contributed by atoms with Crippen molar-refractivity contribution >= 4 is 15.7 Å². The molecule has 1 aliphatic heterocycles. The van der Waals surface area contributed by atoms with Gasteiger partial charge in [-0.25, -0.2) is 12.8 Å². The SMILES string of the molecule is O=C(NCC(c1cccc(F)c1)N1CCOCC1)c1cccc(S(=O)(=O)Cc2ccccc2)c1. The first kappa shape index (κ1) is 24.1. The second kappa shape index (κ2) is 10.9. The van der Waals surface area contributed by atoms with Crippen LogP contribution in [0.1, 0.15) is 27.5 Å². The highest BCUT2D eigenvalue weighted by molar-refractivity contribution is 7.90. The highest BCUT2D eigenvalue weighted by Crippen LogP contribution is 2.23. The summed E-state index contributed by atoms with van der Waals surface area (Å²) in [5.74, 6) is -0.859. The van der Waals surface area contributed by atoms with E-state index >= 15 is 0 Å². The monoisotopic (exact) mass is 482 g/mol. The Hall–Kier alpha value is -3.07. The Labute approximate surface area is 199 Å². The molecule has 34 heavy (non-hydrogen) atoms. The van der Waals surface area contributed by atoms with Gasteiger partial charge in [0.05, 0.1) is 29.9 Å². The largest absolute Gasteiger partial charge is 0.379 e. The number of hydrogen-bond donors (Lipinski definition) is 1. The molecule has 0 spiro atoms. The first-order valence-electron chi connectivity index (χ1n) is 11.1. The van der Waals surface area contributed by atoms with E-state index in [0.29, 0.717) is 31.9 Å². The first-order valence-corrected chi connectivity index (χ1v) is 12.8. The van der Waals surface area contributed by atoms with Crippen molar-refractivity contribution < 1.29 is 22.3 Å². The zero-order valence-corrected chi connectivity index (χ0v) is 19.5. The fraction of sp³-hybridized carbons (Fsp3) is 0.269. The van der Waals surface area contributed by atoms with E-state index in [1.807, 2.05) is 12.1 Å². The molecule has 1 atom stereocenters. The average Bonchev–Trinajstić information content (AvgIpc) is 2.85. The maximum absolute atomic E-state index is 13.9. The van der Waals surface area contributed by atoms with Crippen LogP contribution in [0.15, 0.2) is 83.8 Å². The fourth-order valence-electron chi connectivity index (χ4n) is 4.06. The molecule has 4 rings (SSSR count). The number of hydrogen-bond acceptors (Lipinski definition) is 5. The van der Waals surface area contributed by atoms with Gasteiger partial charge >= 0.3 is 0 Å². The Balaban J connectivity index is 1.49. The van der Waals surface area contributed by atoms with E-state index in [1.54, 1.807) is 42.5 Å². The third-order valence-electron chi connectivity index (χ3n) is 5.83. The van der Waals surface area contributed by atoms with Crippen LogP contribution in [-0.4, -0.2) is 52.1 Å². The van der Waals surface area contributed by atoms with Gasteiger partial charge in [-0.05, 0) is 41.5 Å². The van der Waals surface area contributed by atoms with E-state index in [-0.39, 0.29) is 40.5 Å². The zero-order valence-electron chi connectivity index (χ0n) is 18.7. The van der Waals surface area contributed by atoms with Gasteiger partial charge in [0.1, 0.15) is 5.82 Å². The van der Waals surface area contributed by atoms with E-state index in [1.165, 1.54) is 24.3 Å². The van der Waals surface area contributed by atoms with E-state index in [2.05, 4.69) is 10.2 Å². The minimum Gasteiger partial charge on any atom is -0.379 e. The lowest BCUT2D eigenvalue weighted by molar-refractivity contribution is 0.0162. The molecule has 0 radical (unpaired) electrons. The molecule has 1 aliphatic rings. The number of halogens is 1. The zero-order chi connectivity index (χ0) is 24.0. The van der Waals surface area contributed by atoms with Crippen LogP contribution in [0, 0.1) is 5.82 Å². The summed E-state index contributed by atoms with van der Waals surface area (Å²) in [6.45, 7) is 2.74. The van der Waals surface area contributed by atoms with E-state index in [9.17, 15) is 17.6 Å². The Morgan fingerprint density at radius 2 is 1.71 bits per heavy atom. The van der Waals surface area contributed by atoms with Crippen molar-refractivity contribution in [2.24, 2.45) is 0 Å². The maximum Gasteiger partial charge on any atom is 0.251 e. The van der Waals surface area contributed by atoms with Gasteiger partial charge in [-0.1, -0.05) is 48.5 Å². The molecule has 1 unspecified atom stereocenters. The summed E-state index contributed by atoms with van der Waals surface area (Å²) in [6.07, 6.45) is 0. The van der Waals surface area contributed by atoms with Crippen molar-refractivity contribution in [1.29, 1.82) is 0 Å². The average molecular weight is 483 g/mol. The lowest BCUT2D eigenvalue weighted by Crippen LogP contribution is -2.43. The molecular weight excluding hydrogens is 455 g/mol. The number of benzene rings is 3. The van der Waals surface area contributed by atoms with Gasteiger partial charge < -0.3 is 10.1 Å². The quantitative estimate of drug-likeness (QED) is 0.531. The van der Waals surface area contributed by atoms with E-state index in [0.717, 1.165) is 5.56 Å². The number of carbonyl (C=O) groups is 1. The molecule has 1 heterocycles. The molecule has 0 saturated carbocycles. The molecule has 1 amide bonds. The van der Waals surface area contributed by atoms with Crippen LogP contribution < -0.4 is 5.32 Å². The minimum absolute atomic E-state index is 0.0962. The minimum atomic E-state index is -3.61. The molecule has 1 fully saturated rings. The molecule has 6 nitrogen and oxygen atoms in total. The molecule has 0 aliphatic carbocycles. The van der Waals surface area contributed by atoms with Crippen molar-refractivity contribution in [3.8, 4) is 0 Å².